The van der Waals surface area contributed by atoms with E-state index in [1.165, 1.54) is 5.56 Å². The fraction of sp³-hybridized carbons (Fsp3) is 0.429. The second-order valence-corrected chi connectivity index (χ2v) is 4.16. The average molecular weight is 280 g/mol. The molecule has 1 aromatic rings. The Kier molecular flexibility index (Phi) is 6.95. The topological polar surface area (TPSA) is 76.7 Å². The Morgan fingerprint density at radius 1 is 1.15 bits per heavy atom. The minimum Gasteiger partial charge on any atom is -0.494 e. The highest BCUT2D eigenvalue weighted by Crippen LogP contribution is 2.11. The largest absolute Gasteiger partial charge is 0.494 e. The number of hydrazine groups is 1. The van der Waals surface area contributed by atoms with E-state index in [1.807, 2.05) is 31.2 Å². The molecule has 6 heteroatoms. The van der Waals surface area contributed by atoms with Gasteiger partial charge in [-0.25, -0.2) is 10.2 Å². The number of ether oxygens (including phenoxy) is 2. The molecule has 2 N–H and O–H groups in total. The third-order valence-corrected chi connectivity index (χ3v) is 2.42. The molecule has 0 aliphatic heterocycles. The molecule has 1 rings (SSSR count). The lowest BCUT2D eigenvalue weighted by Gasteiger charge is -2.08. The number of carbonyl (C=O) groups excluding carboxylic acids is 2. The van der Waals surface area contributed by atoms with Gasteiger partial charge in [-0.2, -0.15) is 0 Å². The van der Waals surface area contributed by atoms with Crippen LogP contribution in [0.4, 0.5) is 4.79 Å². The van der Waals surface area contributed by atoms with Gasteiger partial charge in [0.25, 0.3) is 0 Å². The Balaban J connectivity index is 2.10. The van der Waals surface area contributed by atoms with Crippen LogP contribution in [0.3, 0.4) is 0 Å². The van der Waals surface area contributed by atoms with Gasteiger partial charge in [-0.1, -0.05) is 17.7 Å². The van der Waals surface area contributed by atoms with Crippen LogP contribution >= 0.6 is 0 Å². The van der Waals surface area contributed by atoms with Crippen molar-refractivity contribution in [2.45, 2.75) is 26.7 Å². The molecular weight excluding hydrogens is 260 g/mol. The fourth-order valence-corrected chi connectivity index (χ4v) is 1.41. The van der Waals surface area contributed by atoms with Gasteiger partial charge in [0.2, 0.25) is 5.91 Å². The van der Waals surface area contributed by atoms with Crippen LogP contribution in [0.1, 0.15) is 25.3 Å². The Hall–Kier alpha value is -2.24. The zero-order valence-electron chi connectivity index (χ0n) is 11.8. The monoisotopic (exact) mass is 280 g/mol. The number of carbonyl (C=O) groups is 2. The van der Waals surface area contributed by atoms with Crippen LogP contribution in [0.2, 0.25) is 0 Å². The molecule has 0 bridgehead atoms. The van der Waals surface area contributed by atoms with E-state index >= 15 is 0 Å². The van der Waals surface area contributed by atoms with Crippen LogP contribution in [-0.4, -0.2) is 25.2 Å². The van der Waals surface area contributed by atoms with Crippen LogP contribution in [-0.2, 0) is 9.53 Å². The van der Waals surface area contributed by atoms with E-state index in [9.17, 15) is 9.59 Å². The summed E-state index contributed by atoms with van der Waals surface area (Å²) >= 11 is 0. The highest BCUT2D eigenvalue weighted by atomic mass is 16.6. The van der Waals surface area contributed by atoms with Crippen molar-refractivity contribution in [2.75, 3.05) is 13.2 Å². The van der Waals surface area contributed by atoms with Crippen molar-refractivity contribution in [2.24, 2.45) is 0 Å². The maximum absolute atomic E-state index is 11.4. The molecule has 0 spiro atoms. The maximum Gasteiger partial charge on any atom is 0.426 e. The number of nitrogens with one attached hydrogen (secondary N) is 2. The van der Waals surface area contributed by atoms with E-state index in [-0.39, 0.29) is 18.9 Å². The molecule has 0 radical (unpaired) electrons. The van der Waals surface area contributed by atoms with Crippen molar-refractivity contribution in [3.05, 3.63) is 29.8 Å². The molecule has 6 nitrogen and oxygen atoms in total. The van der Waals surface area contributed by atoms with Gasteiger partial charge in [-0.3, -0.25) is 10.2 Å². The molecule has 0 unspecified atom stereocenters. The lowest BCUT2D eigenvalue weighted by Crippen LogP contribution is -2.41. The molecule has 20 heavy (non-hydrogen) atoms. The highest BCUT2D eigenvalue weighted by molar-refractivity contribution is 5.78. The second-order valence-electron chi connectivity index (χ2n) is 4.16. The van der Waals surface area contributed by atoms with Crippen molar-refractivity contribution >= 4 is 12.0 Å². The van der Waals surface area contributed by atoms with Crippen LogP contribution in [0, 0.1) is 6.92 Å². The fourth-order valence-electron chi connectivity index (χ4n) is 1.41. The van der Waals surface area contributed by atoms with Crippen molar-refractivity contribution in [3.63, 3.8) is 0 Å². The lowest BCUT2D eigenvalue weighted by atomic mass is 10.2. The minimum atomic E-state index is -0.670. The standard InChI is InChI=1S/C14H20N2O4/c1-3-19-14(18)16-15-13(17)5-4-10-20-12-8-6-11(2)7-9-12/h6-9H,3-5,10H2,1-2H3,(H,15,17)(H,16,18). The first-order chi connectivity index (χ1) is 9.61. The van der Waals surface area contributed by atoms with Crippen molar-refractivity contribution in [1.29, 1.82) is 0 Å². The average Bonchev–Trinajstić information content (AvgIpc) is 2.43. The molecule has 0 aliphatic rings. The summed E-state index contributed by atoms with van der Waals surface area (Å²) in [5.74, 6) is 0.492. The van der Waals surface area contributed by atoms with Crippen LogP contribution in [0.15, 0.2) is 24.3 Å². The molecule has 0 atom stereocenters. The first-order valence-electron chi connectivity index (χ1n) is 6.53. The van der Waals surface area contributed by atoms with E-state index in [2.05, 4.69) is 15.6 Å². The van der Waals surface area contributed by atoms with E-state index in [1.54, 1.807) is 6.92 Å². The molecular formula is C14H20N2O4. The number of hydrogen-bond donors (Lipinski definition) is 2. The lowest BCUT2D eigenvalue weighted by molar-refractivity contribution is -0.122. The summed E-state index contributed by atoms with van der Waals surface area (Å²) in [4.78, 5) is 22.3. The molecule has 110 valence electrons. The summed E-state index contributed by atoms with van der Waals surface area (Å²) < 4.78 is 10.1. The summed E-state index contributed by atoms with van der Waals surface area (Å²) in [6.45, 7) is 4.39. The third-order valence-electron chi connectivity index (χ3n) is 2.42. The summed E-state index contributed by atoms with van der Waals surface area (Å²) in [5, 5.41) is 0. The highest BCUT2D eigenvalue weighted by Gasteiger charge is 2.04. The summed E-state index contributed by atoms with van der Waals surface area (Å²) in [6, 6.07) is 7.70. The number of aryl methyl sites for hydroxylation is 1. The predicted octanol–water partition coefficient (Wildman–Crippen LogP) is 1.93. The van der Waals surface area contributed by atoms with Crippen molar-refractivity contribution in [3.8, 4) is 5.75 Å². The van der Waals surface area contributed by atoms with Crippen LogP contribution < -0.4 is 15.6 Å². The van der Waals surface area contributed by atoms with E-state index in [0.717, 1.165) is 5.75 Å². The third kappa shape index (κ3) is 6.63. The Bertz CT molecular complexity index is 431. The molecule has 2 amide bonds. The van der Waals surface area contributed by atoms with E-state index in [0.29, 0.717) is 13.0 Å². The van der Waals surface area contributed by atoms with E-state index < -0.39 is 6.09 Å². The summed E-state index contributed by atoms with van der Waals surface area (Å²) in [6.07, 6.45) is 0.152. The van der Waals surface area contributed by atoms with Crippen molar-refractivity contribution < 1.29 is 19.1 Å². The normalized spacial score (nSPS) is 9.70. The second kappa shape index (κ2) is 8.79. The maximum atomic E-state index is 11.4. The first kappa shape index (κ1) is 15.8. The quantitative estimate of drug-likeness (QED) is 0.616. The number of hydrogen-bond acceptors (Lipinski definition) is 4. The Labute approximate surface area is 118 Å². The van der Waals surface area contributed by atoms with Crippen LogP contribution in [0.5, 0.6) is 5.75 Å². The molecule has 0 heterocycles. The number of amides is 2. The van der Waals surface area contributed by atoms with Gasteiger partial charge >= 0.3 is 6.09 Å². The number of rotatable bonds is 6. The van der Waals surface area contributed by atoms with Gasteiger partial charge in [-0.05, 0) is 32.4 Å². The first-order valence-corrected chi connectivity index (χ1v) is 6.53. The van der Waals surface area contributed by atoms with E-state index in [4.69, 9.17) is 4.74 Å². The molecule has 1 aromatic carbocycles. The van der Waals surface area contributed by atoms with Gasteiger partial charge in [0.1, 0.15) is 5.75 Å². The van der Waals surface area contributed by atoms with Gasteiger partial charge in [0.15, 0.2) is 0 Å². The molecule has 0 aromatic heterocycles. The predicted molar refractivity (Wildman–Crippen MR) is 74.2 cm³/mol. The van der Waals surface area contributed by atoms with Crippen molar-refractivity contribution in [1.82, 2.24) is 10.9 Å². The van der Waals surface area contributed by atoms with Gasteiger partial charge in [0.05, 0.1) is 13.2 Å². The summed E-state index contributed by atoms with van der Waals surface area (Å²) in [7, 11) is 0. The molecule has 0 saturated heterocycles. The minimum absolute atomic E-state index is 0.256. The zero-order chi connectivity index (χ0) is 14.8. The van der Waals surface area contributed by atoms with Gasteiger partial charge < -0.3 is 9.47 Å². The summed E-state index contributed by atoms with van der Waals surface area (Å²) in [5.41, 5.74) is 5.57. The molecule has 0 saturated carbocycles. The van der Waals surface area contributed by atoms with Gasteiger partial charge in [0, 0.05) is 6.42 Å². The van der Waals surface area contributed by atoms with Gasteiger partial charge in [-0.15, -0.1) is 0 Å². The molecule has 0 aliphatic carbocycles. The smallest absolute Gasteiger partial charge is 0.426 e. The SMILES string of the molecule is CCOC(=O)NNC(=O)CCCOc1ccc(C)cc1. The Morgan fingerprint density at radius 3 is 2.50 bits per heavy atom. The Morgan fingerprint density at radius 2 is 1.85 bits per heavy atom. The number of benzene rings is 1. The zero-order valence-corrected chi connectivity index (χ0v) is 11.8. The van der Waals surface area contributed by atoms with Crippen LogP contribution in [0.25, 0.3) is 0 Å². The molecule has 0 fully saturated rings.